The summed E-state index contributed by atoms with van der Waals surface area (Å²) in [4.78, 5) is 7.29. The van der Waals surface area contributed by atoms with Crippen molar-refractivity contribution in [3.05, 3.63) is 29.8 Å². The average Bonchev–Trinajstić information content (AvgIpc) is 3.12. The summed E-state index contributed by atoms with van der Waals surface area (Å²) in [6.07, 6.45) is 2.42. The van der Waals surface area contributed by atoms with Gasteiger partial charge in [0.1, 0.15) is 0 Å². The van der Waals surface area contributed by atoms with Gasteiger partial charge in [0.25, 0.3) is 0 Å². The zero-order valence-electron chi connectivity index (χ0n) is 16.1. The third kappa shape index (κ3) is 5.82. The van der Waals surface area contributed by atoms with Crippen LogP contribution in [0.3, 0.4) is 0 Å². The first-order valence-corrected chi connectivity index (χ1v) is 10.4. The van der Waals surface area contributed by atoms with Crippen LogP contribution in [0.1, 0.15) is 39.2 Å². The number of nitrogens with zero attached hydrogens (tertiary/aromatic N) is 3. The Bertz CT molecular complexity index is 684. The van der Waals surface area contributed by atoms with Crippen LogP contribution in [0, 0.1) is 0 Å². The average molecular weight is 494 g/mol. The van der Waals surface area contributed by atoms with Gasteiger partial charge in [-0.3, -0.25) is 0 Å². The summed E-state index contributed by atoms with van der Waals surface area (Å²) in [6, 6.07) is 6.96. The maximum absolute atomic E-state index is 12.5. The Labute approximate surface area is 175 Å². The molecule has 1 aromatic rings. The van der Waals surface area contributed by atoms with Crippen molar-refractivity contribution in [3.8, 4) is 0 Å². The van der Waals surface area contributed by atoms with E-state index in [1.165, 1.54) is 17.1 Å². The molecular formula is C18H31IN4O2S. The number of sulfonamides is 1. The number of aliphatic imine (C=N–C) groups is 1. The molecule has 0 spiro atoms. The second-order valence-corrected chi connectivity index (χ2v) is 8.62. The molecule has 148 valence electrons. The maximum atomic E-state index is 12.5. The summed E-state index contributed by atoms with van der Waals surface area (Å²) in [5.41, 5.74) is 1.00. The molecule has 2 rings (SSSR count). The number of hydrogen-bond donors (Lipinski definition) is 1. The first kappa shape index (κ1) is 23.2. The van der Waals surface area contributed by atoms with E-state index < -0.39 is 10.0 Å². The molecule has 1 saturated heterocycles. The van der Waals surface area contributed by atoms with Crippen molar-refractivity contribution in [1.29, 1.82) is 0 Å². The molecule has 1 N–H and O–H groups in total. The summed E-state index contributed by atoms with van der Waals surface area (Å²) in [5.74, 6) is 0.941. The lowest BCUT2D eigenvalue weighted by molar-refractivity contribution is 0.410. The maximum Gasteiger partial charge on any atom is 0.243 e. The first-order chi connectivity index (χ1) is 11.9. The minimum Gasteiger partial charge on any atom is -0.357 e. The van der Waals surface area contributed by atoms with Crippen molar-refractivity contribution in [2.24, 2.45) is 4.99 Å². The molecule has 0 amide bonds. The predicted molar refractivity (Wildman–Crippen MR) is 118 cm³/mol. The highest BCUT2D eigenvalue weighted by atomic mass is 127. The van der Waals surface area contributed by atoms with Gasteiger partial charge in [-0.1, -0.05) is 12.1 Å². The molecule has 1 aliphatic heterocycles. The molecule has 0 bridgehead atoms. The Morgan fingerprint density at radius 3 is 2.31 bits per heavy atom. The molecule has 0 saturated carbocycles. The molecule has 8 heteroatoms. The van der Waals surface area contributed by atoms with Gasteiger partial charge in [0.05, 0.1) is 11.4 Å². The van der Waals surface area contributed by atoms with Gasteiger partial charge in [0.15, 0.2) is 5.96 Å². The fourth-order valence-electron chi connectivity index (χ4n) is 2.73. The third-order valence-corrected chi connectivity index (χ3v) is 6.53. The highest BCUT2D eigenvalue weighted by Gasteiger charge is 2.22. The SMILES string of the molecule is CCNC(=NCc1ccc(S(=O)(=O)N(C)C(C)C)cc1)N1CCCC1.I. The normalized spacial score (nSPS) is 15.5. The van der Waals surface area contributed by atoms with E-state index in [2.05, 4.69) is 17.1 Å². The number of halogens is 1. The molecule has 26 heavy (non-hydrogen) atoms. The fraction of sp³-hybridized carbons (Fsp3) is 0.611. The number of likely N-dealkylation sites (tertiary alicyclic amines) is 1. The number of benzene rings is 1. The summed E-state index contributed by atoms with van der Waals surface area (Å²) in [7, 11) is -1.82. The number of hydrogen-bond acceptors (Lipinski definition) is 3. The zero-order chi connectivity index (χ0) is 18.4. The predicted octanol–water partition coefficient (Wildman–Crippen LogP) is 2.89. The quantitative estimate of drug-likeness (QED) is 0.375. The second-order valence-electron chi connectivity index (χ2n) is 6.62. The first-order valence-electron chi connectivity index (χ1n) is 8.96. The molecule has 1 heterocycles. The van der Waals surface area contributed by atoms with Crippen LogP contribution < -0.4 is 5.32 Å². The number of nitrogens with one attached hydrogen (secondary N) is 1. The molecule has 0 aromatic heterocycles. The van der Waals surface area contributed by atoms with Crippen LogP contribution in [-0.4, -0.2) is 56.3 Å². The molecule has 1 aromatic carbocycles. The lowest BCUT2D eigenvalue weighted by Gasteiger charge is -2.21. The van der Waals surface area contributed by atoms with Crippen molar-refractivity contribution in [1.82, 2.24) is 14.5 Å². The Balaban J connectivity index is 0.00000338. The van der Waals surface area contributed by atoms with Crippen LogP contribution >= 0.6 is 24.0 Å². The van der Waals surface area contributed by atoms with E-state index in [9.17, 15) is 8.42 Å². The van der Waals surface area contributed by atoms with Crippen molar-refractivity contribution < 1.29 is 8.42 Å². The van der Waals surface area contributed by atoms with Crippen LogP contribution in [0.25, 0.3) is 0 Å². The van der Waals surface area contributed by atoms with E-state index in [0.29, 0.717) is 11.4 Å². The topological polar surface area (TPSA) is 65.0 Å². The van der Waals surface area contributed by atoms with Crippen LogP contribution in [0.15, 0.2) is 34.2 Å². The number of rotatable bonds is 6. The molecule has 1 aliphatic rings. The van der Waals surface area contributed by atoms with E-state index in [0.717, 1.165) is 31.2 Å². The van der Waals surface area contributed by atoms with Gasteiger partial charge >= 0.3 is 0 Å². The fourth-order valence-corrected chi connectivity index (χ4v) is 4.10. The van der Waals surface area contributed by atoms with Gasteiger partial charge in [0, 0.05) is 32.7 Å². The van der Waals surface area contributed by atoms with Gasteiger partial charge < -0.3 is 10.2 Å². The zero-order valence-corrected chi connectivity index (χ0v) is 19.3. The van der Waals surface area contributed by atoms with Gasteiger partial charge in [-0.05, 0) is 51.3 Å². The summed E-state index contributed by atoms with van der Waals surface area (Å²) in [5, 5.41) is 3.33. The molecular weight excluding hydrogens is 463 g/mol. The summed E-state index contributed by atoms with van der Waals surface area (Å²) < 4.78 is 26.4. The highest BCUT2D eigenvalue weighted by molar-refractivity contribution is 14.0. The van der Waals surface area contributed by atoms with Crippen molar-refractivity contribution in [2.75, 3.05) is 26.7 Å². The van der Waals surface area contributed by atoms with Gasteiger partial charge in [-0.25, -0.2) is 13.4 Å². The molecule has 6 nitrogen and oxygen atoms in total. The minimum atomic E-state index is -3.43. The largest absolute Gasteiger partial charge is 0.357 e. The summed E-state index contributed by atoms with van der Waals surface area (Å²) >= 11 is 0. The molecule has 1 fully saturated rings. The third-order valence-electron chi connectivity index (χ3n) is 4.48. The summed E-state index contributed by atoms with van der Waals surface area (Å²) in [6.45, 7) is 9.27. The van der Waals surface area contributed by atoms with Gasteiger partial charge in [-0.2, -0.15) is 4.31 Å². The lowest BCUT2D eigenvalue weighted by atomic mass is 10.2. The van der Waals surface area contributed by atoms with Crippen molar-refractivity contribution >= 4 is 40.0 Å². The van der Waals surface area contributed by atoms with E-state index in [1.54, 1.807) is 19.2 Å². The van der Waals surface area contributed by atoms with Gasteiger partial charge in [-0.15, -0.1) is 24.0 Å². The Morgan fingerprint density at radius 2 is 1.81 bits per heavy atom. The second kappa shape index (κ2) is 10.5. The smallest absolute Gasteiger partial charge is 0.243 e. The van der Waals surface area contributed by atoms with E-state index in [-0.39, 0.29) is 30.0 Å². The monoisotopic (exact) mass is 494 g/mol. The molecule has 0 radical (unpaired) electrons. The van der Waals surface area contributed by atoms with Crippen molar-refractivity contribution in [2.45, 2.75) is 51.1 Å². The minimum absolute atomic E-state index is 0. The molecule has 0 unspecified atom stereocenters. The number of guanidine groups is 1. The van der Waals surface area contributed by atoms with E-state index in [1.807, 2.05) is 26.0 Å². The lowest BCUT2D eigenvalue weighted by Crippen LogP contribution is -2.39. The van der Waals surface area contributed by atoms with E-state index >= 15 is 0 Å². The Morgan fingerprint density at radius 1 is 1.23 bits per heavy atom. The van der Waals surface area contributed by atoms with E-state index in [4.69, 9.17) is 4.99 Å². The standard InChI is InChI=1S/C18H30N4O2S.HI/c1-5-19-18(22-12-6-7-13-22)20-14-16-8-10-17(11-9-16)25(23,24)21(4)15(2)3;/h8-11,15H,5-7,12-14H2,1-4H3,(H,19,20);1H. The molecule has 0 atom stereocenters. The van der Waals surface area contributed by atoms with Crippen molar-refractivity contribution in [3.63, 3.8) is 0 Å². The Kier molecular flexibility index (Phi) is 9.32. The highest BCUT2D eigenvalue weighted by Crippen LogP contribution is 2.17. The van der Waals surface area contributed by atoms with Crippen LogP contribution in [-0.2, 0) is 16.6 Å². The van der Waals surface area contributed by atoms with Crippen LogP contribution in [0.4, 0.5) is 0 Å². The van der Waals surface area contributed by atoms with Gasteiger partial charge in [0.2, 0.25) is 10.0 Å². The molecule has 0 aliphatic carbocycles. The van der Waals surface area contributed by atoms with Crippen LogP contribution in [0.5, 0.6) is 0 Å². The van der Waals surface area contributed by atoms with Crippen LogP contribution in [0.2, 0.25) is 0 Å². The Hall–Kier alpha value is -0.870.